The summed E-state index contributed by atoms with van der Waals surface area (Å²) in [7, 11) is 0. The van der Waals surface area contributed by atoms with Crippen LogP contribution in [0.15, 0.2) is 12.2 Å². The lowest BCUT2D eigenvalue weighted by Crippen LogP contribution is -2.33. The summed E-state index contributed by atoms with van der Waals surface area (Å²) in [5.74, 6) is -0.549. The van der Waals surface area contributed by atoms with E-state index in [1.165, 1.54) is 25.7 Å². The fourth-order valence-electron chi connectivity index (χ4n) is 5.17. The van der Waals surface area contributed by atoms with Gasteiger partial charge in [-0.1, -0.05) is 44.8 Å². The summed E-state index contributed by atoms with van der Waals surface area (Å²) in [6.07, 6.45) is 15.0. The van der Waals surface area contributed by atoms with Crippen molar-refractivity contribution in [3.8, 4) is 0 Å². The number of hydrogen-bond acceptors (Lipinski definition) is 6. The van der Waals surface area contributed by atoms with Gasteiger partial charge in [0, 0.05) is 19.3 Å². The molecule has 2 rings (SSSR count). The van der Waals surface area contributed by atoms with Crippen LogP contribution in [-0.2, 0) is 19.0 Å². The highest BCUT2D eigenvalue weighted by atomic mass is 16.7. The van der Waals surface area contributed by atoms with E-state index in [1.54, 1.807) is 0 Å². The number of rotatable bonds is 16. The van der Waals surface area contributed by atoms with Gasteiger partial charge in [-0.2, -0.15) is 0 Å². The van der Waals surface area contributed by atoms with Gasteiger partial charge in [-0.3, -0.25) is 4.79 Å². The molecule has 6 nitrogen and oxygen atoms in total. The Labute approximate surface area is 194 Å². The predicted octanol–water partition coefficient (Wildman–Crippen LogP) is 4.91. The van der Waals surface area contributed by atoms with E-state index in [0.29, 0.717) is 32.7 Å². The van der Waals surface area contributed by atoms with Gasteiger partial charge < -0.3 is 24.4 Å². The smallest absolute Gasteiger partial charge is 0.305 e. The zero-order valence-corrected chi connectivity index (χ0v) is 20.3. The number of carbonyl (C=O) groups is 1. The van der Waals surface area contributed by atoms with Crippen molar-refractivity contribution in [2.45, 2.75) is 115 Å². The van der Waals surface area contributed by atoms with Crippen LogP contribution in [-0.4, -0.2) is 54.0 Å². The molecule has 1 aliphatic heterocycles. The molecule has 0 aromatic carbocycles. The molecule has 1 unspecified atom stereocenters. The maximum absolute atomic E-state index is 11.4. The quantitative estimate of drug-likeness (QED) is 0.196. The SMILES string of the molecule is CCCCCCCC1(CC[C@H]2[C@H](O)CC(O)[C@@H]2CC=CCCCC(=O)OCC)OCCO1. The van der Waals surface area contributed by atoms with Crippen LogP contribution in [0.5, 0.6) is 0 Å². The van der Waals surface area contributed by atoms with Crippen LogP contribution in [0.2, 0.25) is 0 Å². The highest BCUT2D eigenvalue weighted by Gasteiger charge is 2.43. The van der Waals surface area contributed by atoms with Crippen LogP contribution < -0.4 is 0 Å². The fourth-order valence-corrected chi connectivity index (χ4v) is 5.17. The molecule has 1 saturated carbocycles. The van der Waals surface area contributed by atoms with Crippen LogP contribution in [0.1, 0.15) is 97.3 Å². The third kappa shape index (κ3) is 9.12. The summed E-state index contributed by atoms with van der Waals surface area (Å²) < 4.78 is 17.0. The van der Waals surface area contributed by atoms with Crippen molar-refractivity contribution in [3.05, 3.63) is 12.2 Å². The largest absolute Gasteiger partial charge is 0.466 e. The van der Waals surface area contributed by atoms with Gasteiger partial charge in [0.25, 0.3) is 0 Å². The maximum Gasteiger partial charge on any atom is 0.305 e. The number of ether oxygens (including phenoxy) is 3. The van der Waals surface area contributed by atoms with Crippen molar-refractivity contribution in [2.24, 2.45) is 11.8 Å². The number of unbranched alkanes of at least 4 members (excludes halogenated alkanes) is 5. The second-order valence-electron chi connectivity index (χ2n) is 9.41. The van der Waals surface area contributed by atoms with Crippen LogP contribution in [0.4, 0.5) is 0 Å². The van der Waals surface area contributed by atoms with Crippen molar-refractivity contribution in [2.75, 3.05) is 19.8 Å². The topological polar surface area (TPSA) is 85.2 Å². The summed E-state index contributed by atoms with van der Waals surface area (Å²) in [4.78, 5) is 11.4. The van der Waals surface area contributed by atoms with Crippen molar-refractivity contribution >= 4 is 5.97 Å². The Morgan fingerprint density at radius 1 is 0.969 bits per heavy atom. The third-order valence-corrected chi connectivity index (χ3v) is 6.99. The third-order valence-electron chi connectivity index (χ3n) is 6.99. The van der Waals surface area contributed by atoms with E-state index in [9.17, 15) is 15.0 Å². The van der Waals surface area contributed by atoms with Crippen molar-refractivity contribution in [1.29, 1.82) is 0 Å². The van der Waals surface area contributed by atoms with Gasteiger partial charge in [-0.15, -0.1) is 0 Å². The molecule has 0 bridgehead atoms. The normalized spacial score (nSPS) is 27.4. The second kappa shape index (κ2) is 15.0. The van der Waals surface area contributed by atoms with Gasteiger partial charge in [0.2, 0.25) is 0 Å². The van der Waals surface area contributed by atoms with Crippen molar-refractivity contribution in [3.63, 3.8) is 0 Å². The minimum absolute atomic E-state index is 0.0503. The fraction of sp³-hybridized carbons (Fsp3) is 0.885. The number of carbonyl (C=O) groups excluding carboxylic acids is 1. The first kappa shape index (κ1) is 27.3. The van der Waals surface area contributed by atoms with Crippen molar-refractivity contribution < 1.29 is 29.2 Å². The molecular weight excluding hydrogens is 408 g/mol. The Kier molecular flexibility index (Phi) is 12.8. The summed E-state index contributed by atoms with van der Waals surface area (Å²) >= 11 is 0. The molecule has 2 N–H and O–H groups in total. The Morgan fingerprint density at radius 2 is 1.69 bits per heavy atom. The lowest BCUT2D eigenvalue weighted by molar-refractivity contribution is -0.171. The van der Waals surface area contributed by atoms with E-state index in [1.807, 2.05) is 6.92 Å². The molecule has 4 atom stereocenters. The molecular formula is C26H46O6. The van der Waals surface area contributed by atoms with Crippen LogP contribution in [0, 0.1) is 11.8 Å². The molecule has 32 heavy (non-hydrogen) atoms. The highest BCUT2D eigenvalue weighted by molar-refractivity contribution is 5.69. The molecule has 6 heteroatoms. The van der Waals surface area contributed by atoms with Gasteiger partial charge in [0.15, 0.2) is 5.79 Å². The number of aliphatic hydroxyl groups is 2. The lowest BCUT2D eigenvalue weighted by Gasteiger charge is -2.31. The zero-order chi connectivity index (χ0) is 23.2. The van der Waals surface area contributed by atoms with Crippen LogP contribution >= 0.6 is 0 Å². The monoisotopic (exact) mass is 454 g/mol. The van der Waals surface area contributed by atoms with Gasteiger partial charge >= 0.3 is 5.97 Å². The molecule has 0 radical (unpaired) electrons. The Hall–Kier alpha value is -0.950. The summed E-state index contributed by atoms with van der Waals surface area (Å²) in [5, 5.41) is 21.1. The Morgan fingerprint density at radius 3 is 2.41 bits per heavy atom. The molecule has 1 aliphatic carbocycles. The minimum atomic E-state index is -0.507. The zero-order valence-electron chi connectivity index (χ0n) is 20.3. The number of allylic oxidation sites excluding steroid dienone is 2. The lowest BCUT2D eigenvalue weighted by atomic mass is 9.85. The minimum Gasteiger partial charge on any atom is -0.466 e. The summed E-state index contributed by atoms with van der Waals surface area (Å²) in [6, 6.07) is 0. The molecule has 186 valence electrons. The first-order valence-corrected chi connectivity index (χ1v) is 13.0. The van der Waals surface area contributed by atoms with E-state index in [-0.39, 0.29) is 17.8 Å². The van der Waals surface area contributed by atoms with Gasteiger partial charge in [0.1, 0.15) is 0 Å². The van der Waals surface area contributed by atoms with Crippen LogP contribution in [0.25, 0.3) is 0 Å². The Bertz CT molecular complexity index is 542. The maximum atomic E-state index is 11.4. The van der Waals surface area contributed by atoms with Crippen LogP contribution in [0.3, 0.4) is 0 Å². The molecule has 2 aliphatic rings. The van der Waals surface area contributed by atoms with E-state index < -0.39 is 18.0 Å². The standard InChI is InChI=1S/C26H46O6/c1-3-5-6-9-12-16-26(31-18-19-32-26)17-15-22-21(23(27)20-24(22)28)13-10-7-8-11-14-25(29)30-4-2/h7,10,21-24,27-28H,3-6,8-9,11-20H2,1-2H3/t21-,22-,23?,24-/m1/s1. The average molecular weight is 455 g/mol. The van der Waals surface area contributed by atoms with E-state index in [4.69, 9.17) is 14.2 Å². The van der Waals surface area contributed by atoms with Gasteiger partial charge in [0.05, 0.1) is 32.0 Å². The van der Waals surface area contributed by atoms with E-state index in [0.717, 1.165) is 44.9 Å². The van der Waals surface area contributed by atoms with Gasteiger partial charge in [-0.05, 0) is 57.3 Å². The molecule has 0 aromatic heterocycles. The van der Waals surface area contributed by atoms with Crippen molar-refractivity contribution in [1.82, 2.24) is 0 Å². The first-order valence-electron chi connectivity index (χ1n) is 13.0. The number of aliphatic hydroxyl groups excluding tert-OH is 2. The summed E-state index contributed by atoms with van der Waals surface area (Å²) in [5.41, 5.74) is 0. The molecule has 0 amide bonds. The molecule has 0 spiro atoms. The van der Waals surface area contributed by atoms with Gasteiger partial charge in [-0.25, -0.2) is 0 Å². The molecule has 2 fully saturated rings. The summed E-state index contributed by atoms with van der Waals surface area (Å²) in [6.45, 7) is 5.75. The first-order chi connectivity index (χ1) is 15.5. The average Bonchev–Trinajstić information content (AvgIpc) is 3.33. The highest BCUT2D eigenvalue weighted by Crippen LogP contribution is 2.41. The molecule has 1 heterocycles. The Balaban J connectivity index is 1.79. The predicted molar refractivity (Wildman–Crippen MR) is 125 cm³/mol. The molecule has 1 saturated heterocycles. The number of hydrogen-bond donors (Lipinski definition) is 2. The number of esters is 1. The van der Waals surface area contributed by atoms with E-state index in [2.05, 4.69) is 19.1 Å². The van der Waals surface area contributed by atoms with E-state index >= 15 is 0 Å². The molecule has 0 aromatic rings. The second-order valence-corrected chi connectivity index (χ2v) is 9.41.